The number of rotatable bonds is 4. The molecule has 2 aromatic rings. The lowest BCUT2D eigenvalue weighted by molar-refractivity contribution is -0.143. The highest BCUT2D eigenvalue weighted by Gasteiger charge is 2.37. The number of halogens is 6. The van der Waals surface area contributed by atoms with E-state index in [9.17, 15) is 35.9 Å². The molecule has 0 radical (unpaired) electrons. The third-order valence-corrected chi connectivity index (χ3v) is 3.08. The van der Waals surface area contributed by atoms with Crippen LogP contribution in [0.5, 0.6) is 0 Å². The van der Waals surface area contributed by atoms with E-state index in [1.54, 1.807) is 0 Å². The second-order valence-corrected chi connectivity index (χ2v) is 5.13. The van der Waals surface area contributed by atoms with E-state index in [0.717, 1.165) is 0 Å². The molecule has 1 aromatic carbocycles. The molecule has 0 fully saturated rings. The third kappa shape index (κ3) is 5.69. The summed E-state index contributed by atoms with van der Waals surface area (Å²) in [5.41, 5.74) is -4.03. The van der Waals surface area contributed by atoms with Crippen LogP contribution in [0.2, 0.25) is 0 Å². The van der Waals surface area contributed by atoms with Gasteiger partial charge in [0, 0.05) is 11.9 Å². The van der Waals surface area contributed by atoms with Crippen molar-refractivity contribution in [3.8, 4) is 0 Å². The van der Waals surface area contributed by atoms with Gasteiger partial charge in [-0.15, -0.1) is 0 Å². The number of nitrogens with one attached hydrogen (secondary N) is 1. The first kappa shape index (κ1) is 20.2. The fourth-order valence-electron chi connectivity index (χ4n) is 1.91. The van der Waals surface area contributed by atoms with Crippen molar-refractivity contribution in [1.29, 1.82) is 0 Å². The molecule has 1 heterocycles. The summed E-state index contributed by atoms with van der Waals surface area (Å²) in [6, 6.07) is 4.90. The number of ether oxygens (including phenoxy) is 1. The highest BCUT2D eigenvalue weighted by atomic mass is 19.4. The van der Waals surface area contributed by atoms with E-state index in [1.807, 2.05) is 5.32 Å². The Kier molecular flexibility index (Phi) is 5.72. The lowest BCUT2D eigenvalue weighted by Crippen LogP contribution is -2.22. The lowest BCUT2D eigenvalue weighted by Gasteiger charge is -2.14. The predicted molar refractivity (Wildman–Crippen MR) is 79.6 cm³/mol. The average molecular weight is 392 g/mol. The van der Waals surface area contributed by atoms with Crippen LogP contribution in [0.3, 0.4) is 0 Å². The van der Waals surface area contributed by atoms with Gasteiger partial charge in [-0.3, -0.25) is 4.79 Å². The summed E-state index contributed by atoms with van der Waals surface area (Å²) >= 11 is 0. The number of nitrogens with zero attached hydrogens (tertiary/aromatic N) is 1. The minimum atomic E-state index is -5.05. The number of alkyl halides is 6. The molecule has 0 saturated carbocycles. The van der Waals surface area contributed by atoms with Gasteiger partial charge in [-0.25, -0.2) is 9.78 Å². The number of aromatic nitrogens is 1. The monoisotopic (exact) mass is 392 g/mol. The highest BCUT2D eigenvalue weighted by Crippen LogP contribution is 2.37. The Bertz CT molecular complexity index is 802. The van der Waals surface area contributed by atoms with Crippen molar-refractivity contribution in [3.05, 3.63) is 59.4 Å². The van der Waals surface area contributed by atoms with Crippen LogP contribution in [0.15, 0.2) is 42.6 Å². The van der Waals surface area contributed by atoms with Crippen LogP contribution in [0.4, 0.5) is 32.0 Å². The van der Waals surface area contributed by atoms with Crippen molar-refractivity contribution in [3.63, 3.8) is 0 Å². The molecule has 0 aliphatic heterocycles. The number of anilines is 1. The van der Waals surface area contributed by atoms with Crippen molar-refractivity contribution in [2.45, 2.75) is 12.4 Å². The number of carbonyl (C=O) groups is 2. The number of pyridine rings is 1. The largest absolute Gasteiger partial charge is 0.451 e. The van der Waals surface area contributed by atoms with Crippen LogP contribution in [-0.4, -0.2) is 23.5 Å². The van der Waals surface area contributed by atoms with Crippen LogP contribution in [0.1, 0.15) is 21.6 Å². The topological polar surface area (TPSA) is 68.3 Å². The SMILES string of the molecule is O=C(COC(=O)c1ccccn1)Nc1cc(C(F)(F)F)cc(C(F)(F)F)c1. The van der Waals surface area contributed by atoms with Crippen molar-refractivity contribution >= 4 is 17.6 Å². The number of carbonyl (C=O) groups excluding carboxylic acids is 2. The quantitative estimate of drug-likeness (QED) is 0.633. The molecule has 0 spiro atoms. The maximum Gasteiger partial charge on any atom is 0.416 e. The Labute approximate surface area is 148 Å². The van der Waals surface area contributed by atoms with Crippen LogP contribution in [0, 0.1) is 0 Å². The number of esters is 1. The molecule has 2 rings (SSSR count). The first-order valence-corrected chi connectivity index (χ1v) is 7.14. The van der Waals surface area contributed by atoms with Crippen molar-refractivity contribution in [1.82, 2.24) is 4.98 Å². The molecule has 1 amide bonds. The van der Waals surface area contributed by atoms with Gasteiger partial charge in [0.2, 0.25) is 0 Å². The van der Waals surface area contributed by atoms with E-state index in [4.69, 9.17) is 0 Å². The van der Waals surface area contributed by atoms with E-state index in [0.29, 0.717) is 12.1 Å². The number of amides is 1. The van der Waals surface area contributed by atoms with Gasteiger partial charge in [0.15, 0.2) is 6.61 Å². The first-order valence-electron chi connectivity index (χ1n) is 7.14. The molecule has 0 aliphatic carbocycles. The number of benzene rings is 1. The second-order valence-electron chi connectivity index (χ2n) is 5.13. The molecule has 0 aliphatic rings. The molecule has 0 unspecified atom stereocenters. The molecule has 0 bridgehead atoms. The van der Waals surface area contributed by atoms with Gasteiger partial charge in [0.05, 0.1) is 11.1 Å². The molecular formula is C16H10F6N2O3. The fraction of sp³-hybridized carbons (Fsp3) is 0.188. The van der Waals surface area contributed by atoms with Crippen LogP contribution >= 0.6 is 0 Å². The Balaban J connectivity index is 2.11. The Morgan fingerprint density at radius 2 is 1.56 bits per heavy atom. The maximum atomic E-state index is 12.8. The summed E-state index contributed by atoms with van der Waals surface area (Å²) in [4.78, 5) is 27.0. The van der Waals surface area contributed by atoms with E-state index in [1.165, 1.54) is 24.4 Å². The van der Waals surface area contributed by atoms with Gasteiger partial charge in [-0.05, 0) is 30.3 Å². The molecule has 11 heteroatoms. The summed E-state index contributed by atoms with van der Waals surface area (Å²) in [6.45, 7) is -0.924. The molecule has 27 heavy (non-hydrogen) atoms. The smallest absolute Gasteiger partial charge is 0.416 e. The van der Waals surface area contributed by atoms with Gasteiger partial charge in [-0.1, -0.05) is 6.07 Å². The van der Waals surface area contributed by atoms with Gasteiger partial charge in [0.25, 0.3) is 5.91 Å². The average Bonchev–Trinajstić information content (AvgIpc) is 2.58. The van der Waals surface area contributed by atoms with Crippen molar-refractivity contribution in [2.24, 2.45) is 0 Å². The normalized spacial score (nSPS) is 11.8. The molecule has 1 N–H and O–H groups in total. The molecule has 5 nitrogen and oxygen atoms in total. The predicted octanol–water partition coefficient (Wildman–Crippen LogP) is 3.91. The molecule has 1 aromatic heterocycles. The van der Waals surface area contributed by atoms with Gasteiger partial charge in [0.1, 0.15) is 5.69 Å². The summed E-state index contributed by atoms with van der Waals surface area (Å²) in [6.07, 6.45) is -8.81. The molecule has 0 saturated heterocycles. The van der Waals surface area contributed by atoms with E-state index < -0.39 is 47.7 Å². The maximum absolute atomic E-state index is 12.8. The van der Waals surface area contributed by atoms with Crippen LogP contribution in [-0.2, 0) is 21.9 Å². The minimum absolute atomic E-state index is 0.0727. The first-order chi connectivity index (χ1) is 12.5. The molecule has 144 valence electrons. The van der Waals surface area contributed by atoms with Gasteiger partial charge < -0.3 is 10.1 Å². The van der Waals surface area contributed by atoms with Crippen LogP contribution < -0.4 is 5.32 Å². The van der Waals surface area contributed by atoms with E-state index in [-0.39, 0.29) is 11.8 Å². The Hall–Kier alpha value is -3.11. The molecular weight excluding hydrogens is 382 g/mol. The number of hydrogen-bond donors (Lipinski definition) is 1. The lowest BCUT2D eigenvalue weighted by atomic mass is 10.1. The highest BCUT2D eigenvalue weighted by molar-refractivity contribution is 5.94. The Morgan fingerprint density at radius 3 is 2.04 bits per heavy atom. The van der Waals surface area contributed by atoms with E-state index in [2.05, 4.69) is 9.72 Å². The van der Waals surface area contributed by atoms with Gasteiger partial charge in [-0.2, -0.15) is 26.3 Å². The summed E-state index contributed by atoms with van der Waals surface area (Å²) < 4.78 is 81.2. The number of hydrogen-bond acceptors (Lipinski definition) is 4. The minimum Gasteiger partial charge on any atom is -0.451 e. The Morgan fingerprint density at radius 1 is 0.963 bits per heavy atom. The summed E-state index contributed by atoms with van der Waals surface area (Å²) in [7, 11) is 0. The standard InChI is InChI=1S/C16H10F6N2O3/c17-15(18,19)9-5-10(16(20,21)22)7-11(6-9)24-13(25)8-27-14(26)12-3-1-2-4-23-12/h1-7H,8H2,(H,24,25). The zero-order valence-electron chi connectivity index (χ0n) is 13.2. The van der Waals surface area contributed by atoms with E-state index >= 15 is 0 Å². The summed E-state index contributed by atoms with van der Waals surface area (Å²) in [5, 5.41) is 1.84. The molecule has 0 atom stereocenters. The second kappa shape index (κ2) is 7.64. The zero-order valence-corrected chi connectivity index (χ0v) is 13.2. The van der Waals surface area contributed by atoms with Crippen LogP contribution in [0.25, 0.3) is 0 Å². The summed E-state index contributed by atoms with van der Waals surface area (Å²) in [5.74, 6) is -2.10. The fourth-order valence-corrected chi connectivity index (χ4v) is 1.91. The zero-order chi connectivity index (χ0) is 20.2. The third-order valence-electron chi connectivity index (χ3n) is 3.08. The van der Waals surface area contributed by atoms with Crippen molar-refractivity contribution < 1.29 is 40.7 Å². The van der Waals surface area contributed by atoms with Gasteiger partial charge >= 0.3 is 18.3 Å². The van der Waals surface area contributed by atoms with Crippen molar-refractivity contribution in [2.75, 3.05) is 11.9 Å².